The molecule has 0 aromatic carbocycles. The van der Waals surface area contributed by atoms with Crippen LogP contribution in [0.5, 0.6) is 0 Å². The summed E-state index contributed by atoms with van der Waals surface area (Å²) < 4.78 is 7.18. The summed E-state index contributed by atoms with van der Waals surface area (Å²) in [5, 5.41) is 3.47. The predicted octanol–water partition coefficient (Wildman–Crippen LogP) is 1.77. The lowest BCUT2D eigenvalue weighted by atomic mass is 9.91. The monoisotopic (exact) mass is 279 g/mol. The van der Waals surface area contributed by atoms with Gasteiger partial charge in [0.1, 0.15) is 11.4 Å². The van der Waals surface area contributed by atoms with Crippen molar-refractivity contribution in [3.63, 3.8) is 0 Å². The van der Waals surface area contributed by atoms with Gasteiger partial charge in [-0.25, -0.2) is 9.78 Å². The molecule has 0 aliphatic heterocycles. The van der Waals surface area contributed by atoms with Gasteiger partial charge in [0.05, 0.1) is 13.7 Å². The summed E-state index contributed by atoms with van der Waals surface area (Å²) in [5.74, 6) is 1.19. The highest BCUT2D eigenvalue weighted by molar-refractivity contribution is 5.81. The van der Waals surface area contributed by atoms with E-state index in [1.807, 2.05) is 6.20 Å². The third kappa shape index (κ3) is 2.87. The van der Waals surface area contributed by atoms with Gasteiger partial charge in [0, 0.05) is 24.9 Å². The Bertz CT molecular complexity index is 465. The number of methoxy groups -OCH3 is 1. The molecule has 0 radical (unpaired) electrons. The number of carbonyl (C=O) groups is 1. The molecule has 20 heavy (non-hydrogen) atoms. The molecule has 0 bridgehead atoms. The number of nitrogens with zero attached hydrogens (tertiary/aromatic N) is 2. The maximum atomic E-state index is 12.5. The molecule has 0 amide bonds. The van der Waals surface area contributed by atoms with Gasteiger partial charge in [-0.15, -0.1) is 0 Å². The van der Waals surface area contributed by atoms with E-state index in [1.165, 1.54) is 7.11 Å². The minimum absolute atomic E-state index is 0.163. The Balaban J connectivity index is 2.32. The van der Waals surface area contributed by atoms with Crippen LogP contribution in [-0.2, 0) is 22.5 Å². The number of carbonyl (C=O) groups excluding carboxylic acids is 1. The van der Waals surface area contributed by atoms with Gasteiger partial charge in [0.2, 0.25) is 0 Å². The molecule has 0 saturated heterocycles. The Morgan fingerprint density at radius 1 is 1.60 bits per heavy atom. The number of ether oxygens (including phenoxy) is 1. The molecular formula is C15H25N3O2. The minimum atomic E-state index is -0.631. The molecular weight excluding hydrogens is 254 g/mol. The van der Waals surface area contributed by atoms with Gasteiger partial charge in [-0.1, -0.05) is 6.92 Å². The standard InChI is InChI=1S/C15H25N3O2/c1-5-13-16-8-9-18(13)10-15(12-6-7-12,14(19)20-4)17-11(2)3/h8-9,11-12,17H,5-7,10H2,1-4H3. The van der Waals surface area contributed by atoms with Gasteiger partial charge in [-0.05, 0) is 32.6 Å². The number of imidazole rings is 1. The topological polar surface area (TPSA) is 56.2 Å². The molecule has 1 aromatic rings. The molecule has 1 unspecified atom stereocenters. The number of aryl methyl sites for hydroxylation is 1. The summed E-state index contributed by atoms with van der Waals surface area (Å²) in [5.41, 5.74) is -0.631. The average molecular weight is 279 g/mol. The second-order valence-electron chi connectivity index (χ2n) is 5.86. The van der Waals surface area contributed by atoms with Crippen molar-refractivity contribution in [1.82, 2.24) is 14.9 Å². The second-order valence-corrected chi connectivity index (χ2v) is 5.86. The molecule has 1 fully saturated rings. The van der Waals surface area contributed by atoms with Crippen molar-refractivity contribution in [2.45, 2.75) is 58.2 Å². The zero-order valence-electron chi connectivity index (χ0n) is 12.8. The number of hydrogen-bond donors (Lipinski definition) is 1. The smallest absolute Gasteiger partial charge is 0.328 e. The van der Waals surface area contributed by atoms with Crippen LogP contribution in [0.1, 0.15) is 39.4 Å². The predicted molar refractivity (Wildman–Crippen MR) is 77.3 cm³/mol. The minimum Gasteiger partial charge on any atom is -0.468 e. The van der Waals surface area contributed by atoms with Crippen molar-refractivity contribution in [2.24, 2.45) is 5.92 Å². The fourth-order valence-electron chi connectivity index (χ4n) is 2.92. The highest BCUT2D eigenvalue weighted by atomic mass is 16.5. The van der Waals surface area contributed by atoms with Crippen molar-refractivity contribution in [1.29, 1.82) is 0 Å². The van der Waals surface area contributed by atoms with Crippen LogP contribution in [0.25, 0.3) is 0 Å². The first-order valence-electron chi connectivity index (χ1n) is 7.39. The van der Waals surface area contributed by atoms with Gasteiger partial charge in [-0.2, -0.15) is 0 Å². The van der Waals surface area contributed by atoms with Crippen molar-refractivity contribution >= 4 is 5.97 Å². The lowest BCUT2D eigenvalue weighted by Gasteiger charge is -2.35. The quantitative estimate of drug-likeness (QED) is 0.773. The van der Waals surface area contributed by atoms with Crippen LogP contribution in [0.4, 0.5) is 0 Å². The lowest BCUT2D eigenvalue weighted by molar-refractivity contribution is -0.151. The molecule has 1 N–H and O–H groups in total. The normalized spacial score (nSPS) is 18.1. The molecule has 112 valence electrons. The number of aromatic nitrogens is 2. The van der Waals surface area contributed by atoms with Crippen LogP contribution < -0.4 is 5.32 Å². The van der Waals surface area contributed by atoms with E-state index >= 15 is 0 Å². The van der Waals surface area contributed by atoms with E-state index < -0.39 is 5.54 Å². The highest BCUT2D eigenvalue weighted by Crippen LogP contribution is 2.42. The molecule has 2 rings (SSSR count). The molecule has 1 atom stereocenters. The third-order valence-corrected chi connectivity index (χ3v) is 3.91. The summed E-state index contributed by atoms with van der Waals surface area (Å²) in [6, 6.07) is 0.225. The third-order valence-electron chi connectivity index (χ3n) is 3.91. The van der Waals surface area contributed by atoms with E-state index in [4.69, 9.17) is 4.74 Å². The summed E-state index contributed by atoms with van der Waals surface area (Å²) in [4.78, 5) is 16.8. The largest absolute Gasteiger partial charge is 0.468 e. The Morgan fingerprint density at radius 2 is 2.30 bits per heavy atom. The Morgan fingerprint density at radius 3 is 2.80 bits per heavy atom. The van der Waals surface area contributed by atoms with Crippen molar-refractivity contribution < 1.29 is 9.53 Å². The van der Waals surface area contributed by atoms with Gasteiger partial charge < -0.3 is 9.30 Å². The van der Waals surface area contributed by atoms with E-state index in [-0.39, 0.29) is 12.0 Å². The van der Waals surface area contributed by atoms with Crippen LogP contribution >= 0.6 is 0 Å². The average Bonchev–Trinajstić information content (AvgIpc) is 3.18. The molecule has 5 heteroatoms. The first kappa shape index (κ1) is 15.0. The van der Waals surface area contributed by atoms with E-state index in [2.05, 4.69) is 35.6 Å². The summed E-state index contributed by atoms with van der Waals surface area (Å²) in [7, 11) is 1.47. The molecule has 1 heterocycles. The maximum Gasteiger partial charge on any atom is 0.328 e. The first-order valence-corrected chi connectivity index (χ1v) is 7.39. The molecule has 5 nitrogen and oxygen atoms in total. The Kier molecular flexibility index (Phi) is 4.48. The molecule has 0 spiro atoms. The molecule has 1 aliphatic carbocycles. The van der Waals surface area contributed by atoms with E-state index in [9.17, 15) is 4.79 Å². The van der Waals surface area contributed by atoms with Crippen LogP contribution in [0.2, 0.25) is 0 Å². The fraction of sp³-hybridized carbons (Fsp3) is 0.733. The fourth-order valence-corrected chi connectivity index (χ4v) is 2.92. The van der Waals surface area contributed by atoms with Gasteiger partial charge in [0.25, 0.3) is 0 Å². The summed E-state index contributed by atoms with van der Waals surface area (Å²) >= 11 is 0. The van der Waals surface area contributed by atoms with Crippen molar-refractivity contribution in [3.05, 3.63) is 18.2 Å². The molecule has 1 saturated carbocycles. The van der Waals surface area contributed by atoms with E-state index in [1.54, 1.807) is 6.20 Å². The van der Waals surface area contributed by atoms with Gasteiger partial charge in [-0.3, -0.25) is 5.32 Å². The second kappa shape index (κ2) is 5.95. The zero-order chi connectivity index (χ0) is 14.8. The lowest BCUT2D eigenvalue weighted by Crippen LogP contribution is -2.59. The van der Waals surface area contributed by atoms with E-state index in [0.717, 1.165) is 25.1 Å². The molecule has 1 aliphatic rings. The number of rotatable bonds is 7. The summed E-state index contributed by atoms with van der Waals surface area (Å²) in [6.45, 7) is 6.79. The highest BCUT2D eigenvalue weighted by Gasteiger charge is 2.52. The number of nitrogens with one attached hydrogen (secondary N) is 1. The van der Waals surface area contributed by atoms with Crippen molar-refractivity contribution in [3.8, 4) is 0 Å². The van der Waals surface area contributed by atoms with Crippen molar-refractivity contribution in [2.75, 3.05) is 7.11 Å². The number of esters is 1. The van der Waals surface area contributed by atoms with Crippen LogP contribution in [0.3, 0.4) is 0 Å². The SMILES string of the molecule is CCc1nccn1CC(NC(C)C)(C(=O)OC)C1CC1. The maximum absolute atomic E-state index is 12.5. The van der Waals surface area contributed by atoms with Crippen LogP contribution in [-0.4, -0.2) is 34.2 Å². The Hall–Kier alpha value is -1.36. The molecule has 1 aromatic heterocycles. The van der Waals surface area contributed by atoms with E-state index in [0.29, 0.717) is 12.5 Å². The number of hydrogen-bond acceptors (Lipinski definition) is 4. The zero-order valence-corrected chi connectivity index (χ0v) is 12.8. The Labute approximate surface area is 120 Å². The van der Waals surface area contributed by atoms with Gasteiger partial charge >= 0.3 is 5.97 Å². The van der Waals surface area contributed by atoms with Gasteiger partial charge in [0.15, 0.2) is 0 Å². The first-order chi connectivity index (χ1) is 9.53. The van der Waals surface area contributed by atoms with Crippen LogP contribution in [0, 0.1) is 5.92 Å². The summed E-state index contributed by atoms with van der Waals surface area (Å²) in [6.07, 6.45) is 6.75. The van der Waals surface area contributed by atoms with Crippen LogP contribution in [0.15, 0.2) is 12.4 Å².